The Morgan fingerprint density at radius 1 is 1.05 bits per heavy atom. The lowest BCUT2D eigenvalue weighted by atomic mass is 10.1. The number of ketones is 1. The van der Waals surface area contributed by atoms with Gasteiger partial charge in [-0.25, -0.2) is 13.2 Å². The fraction of sp³-hybridized carbons (Fsp3) is 0.133. The molecule has 2 aromatic carbocycles. The highest BCUT2D eigenvalue weighted by molar-refractivity contribution is 9.10. The number of carbonyl (C=O) groups excluding carboxylic acids is 1. The van der Waals surface area contributed by atoms with Gasteiger partial charge in [0.25, 0.3) is 0 Å². The monoisotopic (exact) mass is 358 g/mol. The van der Waals surface area contributed by atoms with E-state index in [4.69, 9.17) is 4.74 Å². The molecule has 0 heterocycles. The van der Waals surface area contributed by atoms with Crippen molar-refractivity contribution in [3.8, 4) is 5.75 Å². The van der Waals surface area contributed by atoms with Crippen LogP contribution in [-0.4, -0.2) is 11.9 Å². The van der Waals surface area contributed by atoms with E-state index in [1.54, 1.807) is 0 Å². The van der Waals surface area contributed by atoms with Crippen molar-refractivity contribution in [2.24, 2.45) is 0 Å². The molecule has 0 bridgehead atoms. The lowest BCUT2D eigenvalue weighted by molar-refractivity contribution is 0.0817. The number of hydrogen-bond donors (Lipinski definition) is 0. The minimum absolute atomic E-state index is 0.00239. The summed E-state index contributed by atoms with van der Waals surface area (Å²) in [6.45, 7) is 1.47. The van der Waals surface area contributed by atoms with E-state index < -0.39 is 29.3 Å². The lowest BCUT2D eigenvalue weighted by Crippen LogP contribution is -2.24. The molecule has 21 heavy (non-hydrogen) atoms. The maximum atomic E-state index is 13.1. The molecule has 0 amide bonds. The Labute approximate surface area is 127 Å². The number of carbonyl (C=O) groups is 1. The number of hydrogen-bond acceptors (Lipinski definition) is 2. The first kappa shape index (κ1) is 15.6. The molecule has 1 unspecified atom stereocenters. The second-order valence-corrected chi connectivity index (χ2v) is 5.18. The maximum absolute atomic E-state index is 13.1. The summed E-state index contributed by atoms with van der Waals surface area (Å²) in [5.74, 6) is -2.80. The van der Waals surface area contributed by atoms with Crippen LogP contribution in [0.4, 0.5) is 13.2 Å². The predicted octanol–water partition coefficient (Wildman–Crippen LogP) is 4.52. The van der Waals surface area contributed by atoms with Crippen LogP contribution in [0.5, 0.6) is 5.75 Å². The molecular formula is C15H10BrF3O2. The van der Waals surface area contributed by atoms with E-state index >= 15 is 0 Å². The Balaban J connectivity index is 2.15. The van der Waals surface area contributed by atoms with Gasteiger partial charge in [0.05, 0.1) is 4.47 Å². The minimum Gasteiger partial charge on any atom is -0.483 e. The van der Waals surface area contributed by atoms with Gasteiger partial charge in [-0.3, -0.25) is 4.79 Å². The van der Waals surface area contributed by atoms with Gasteiger partial charge >= 0.3 is 0 Å². The van der Waals surface area contributed by atoms with Crippen molar-refractivity contribution < 1.29 is 22.7 Å². The normalized spacial score (nSPS) is 12.0. The van der Waals surface area contributed by atoms with E-state index in [1.165, 1.54) is 31.2 Å². The van der Waals surface area contributed by atoms with Gasteiger partial charge < -0.3 is 4.74 Å². The third-order valence-corrected chi connectivity index (χ3v) is 3.38. The second kappa shape index (κ2) is 6.30. The van der Waals surface area contributed by atoms with E-state index in [1.807, 2.05) is 0 Å². The van der Waals surface area contributed by atoms with Gasteiger partial charge in [-0.15, -0.1) is 0 Å². The summed E-state index contributed by atoms with van der Waals surface area (Å²) < 4.78 is 44.6. The molecule has 2 aromatic rings. The molecule has 110 valence electrons. The van der Waals surface area contributed by atoms with Gasteiger partial charge in [-0.1, -0.05) is 0 Å². The summed E-state index contributed by atoms with van der Waals surface area (Å²) in [5.41, 5.74) is 0.00239. The molecule has 1 atom stereocenters. The molecule has 0 saturated heterocycles. The maximum Gasteiger partial charge on any atom is 0.203 e. The van der Waals surface area contributed by atoms with Crippen LogP contribution in [0.15, 0.2) is 40.9 Å². The van der Waals surface area contributed by atoms with Crippen LogP contribution in [0.3, 0.4) is 0 Å². The molecule has 0 aliphatic rings. The van der Waals surface area contributed by atoms with Crippen molar-refractivity contribution in [1.29, 1.82) is 0 Å². The van der Waals surface area contributed by atoms with E-state index in [9.17, 15) is 18.0 Å². The summed E-state index contributed by atoms with van der Waals surface area (Å²) in [5, 5.41) is 0. The third-order valence-electron chi connectivity index (χ3n) is 2.78. The average molecular weight is 359 g/mol. The van der Waals surface area contributed by atoms with Gasteiger partial charge in [-0.05, 0) is 59.3 Å². The number of benzene rings is 2. The number of halogens is 4. The lowest BCUT2D eigenvalue weighted by Gasteiger charge is -2.14. The fourth-order valence-corrected chi connectivity index (χ4v) is 2.05. The molecule has 0 spiro atoms. The number of rotatable bonds is 4. The summed E-state index contributed by atoms with van der Waals surface area (Å²) in [4.78, 5) is 12.1. The molecule has 6 heteroatoms. The van der Waals surface area contributed by atoms with E-state index in [-0.39, 0.29) is 15.8 Å². The van der Waals surface area contributed by atoms with Crippen LogP contribution in [0.2, 0.25) is 0 Å². The van der Waals surface area contributed by atoms with Crippen molar-refractivity contribution in [3.05, 3.63) is 63.9 Å². The molecule has 0 aromatic heterocycles. The van der Waals surface area contributed by atoms with Gasteiger partial charge in [-0.2, -0.15) is 0 Å². The van der Waals surface area contributed by atoms with Crippen LogP contribution in [-0.2, 0) is 0 Å². The first-order valence-corrected chi connectivity index (χ1v) is 6.78. The average Bonchev–Trinajstić information content (AvgIpc) is 2.45. The van der Waals surface area contributed by atoms with E-state index in [2.05, 4.69) is 15.9 Å². The summed E-state index contributed by atoms with van der Waals surface area (Å²) in [7, 11) is 0. The van der Waals surface area contributed by atoms with Gasteiger partial charge in [0, 0.05) is 5.56 Å². The summed E-state index contributed by atoms with van der Waals surface area (Å²) in [6.07, 6.45) is -0.924. The number of ether oxygens (including phenoxy) is 1. The molecule has 0 aliphatic heterocycles. The Kier molecular flexibility index (Phi) is 4.67. The largest absolute Gasteiger partial charge is 0.483 e. The van der Waals surface area contributed by atoms with Crippen molar-refractivity contribution in [3.63, 3.8) is 0 Å². The molecule has 0 saturated carbocycles. The second-order valence-electron chi connectivity index (χ2n) is 4.33. The molecular weight excluding hydrogens is 349 g/mol. The Morgan fingerprint density at radius 3 is 2.33 bits per heavy atom. The van der Waals surface area contributed by atoms with E-state index in [0.29, 0.717) is 0 Å². The quantitative estimate of drug-likeness (QED) is 0.751. The topological polar surface area (TPSA) is 26.3 Å². The highest BCUT2D eigenvalue weighted by Gasteiger charge is 2.19. The van der Waals surface area contributed by atoms with Gasteiger partial charge in [0.1, 0.15) is 11.6 Å². The molecule has 0 fully saturated rings. The Hall–Kier alpha value is -1.82. The molecule has 0 aliphatic carbocycles. The highest BCUT2D eigenvalue weighted by atomic mass is 79.9. The summed E-state index contributed by atoms with van der Waals surface area (Å²) >= 11 is 3.00. The van der Waals surface area contributed by atoms with Crippen LogP contribution in [0, 0.1) is 17.5 Å². The first-order valence-electron chi connectivity index (χ1n) is 5.99. The highest BCUT2D eigenvalue weighted by Crippen LogP contribution is 2.23. The Morgan fingerprint density at radius 2 is 1.71 bits per heavy atom. The standard InChI is InChI=1S/C15H10BrF3O2/c1-8(21-10-3-5-12(17)11(16)7-10)15(20)9-2-4-13(18)14(19)6-9/h2-8H,1H3. The van der Waals surface area contributed by atoms with Crippen LogP contribution < -0.4 is 4.74 Å². The van der Waals surface area contributed by atoms with Gasteiger partial charge in [0.15, 0.2) is 17.7 Å². The SMILES string of the molecule is CC(Oc1ccc(F)c(Br)c1)C(=O)c1ccc(F)c(F)c1. The summed E-state index contributed by atoms with van der Waals surface area (Å²) in [6, 6.07) is 6.82. The van der Waals surface area contributed by atoms with Crippen molar-refractivity contribution >= 4 is 21.7 Å². The zero-order chi connectivity index (χ0) is 15.6. The molecule has 2 nitrogen and oxygen atoms in total. The smallest absolute Gasteiger partial charge is 0.203 e. The van der Waals surface area contributed by atoms with E-state index in [0.717, 1.165) is 12.1 Å². The van der Waals surface area contributed by atoms with Crippen molar-refractivity contribution in [2.75, 3.05) is 0 Å². The fourth-order valence-electron chi connectivity index (χ4n) is 1.69. The zero-order valence-corrected chi connectivity index (χ0v) is 12.5. The van der Waals surface area contributed by atoms with Crippen molar-refractivity contribution in [2.45, 2.75) is 13.0 Å². The minimum atomic E-state index is -1.10. The third kappa shape index (κ3) is 3.64. The van der Waals surface area contributed by atoms with Crippen LogP contribution >= 0.6 is 15.9 Å². The van der Waals surface area contributed by atoms with Gasteiger partial charge in [0.2, 0.25) is 5.78 Å². The van der Waals surface area contributed by atoms with Crippen LogP contribution in [0.25, 0.3) is 0 Å². The first-order chi connectivity index (χ1) is 9.88. The Bertz CT molecular complexity index is 689. The zero-order valence-electron chi connectivity index (χ0n) is 10.9. The predicted molar refractivity (Wildman–Crippen MR) is 74.9 cm³/mol. The molecule has 2 rings (SSSR count). The number of Topliss-reactive ketones (excluding diaryl/α,β-unsaturated/α-hetero) is 1. The van der Waals surface area contributed by atoms with Crippen molar-refractivity contribution in [1.82, 2.24) is 0 Å². The van der Waals surface area contributed by atoms with Crippen LogP contribution in [0.1, 0.15) is 17.3 Å². The molecule has 0 N–H and O–H groups in total. The molecule has 0 radical (unpaired) electrons.